The molecule has 0 fully saturated rings. The monoisotopic (exact) mass is 234 g/mol. The van der Waals surface area contributed by atoms with E-state index in [1.165, 1.54) is 5.56 Å². The van der Waals surface area contributed by atoms with Crippen LogP contribution in [-0.2, 0) is 0 Å². The van der Waals surface area contributed by atoms with Crippen LogP contribution in [0.4, 0.5) is 5.69 Å². The molecule has 0 N–H and O–H groups in total. The zero-order chi connectivity index (χ0) is 12.8. The maximum absolute atomic E-state index is 5.19. The fourth-order valence-electron chi connectivity index (χ4n) is 1.81. The average Bonchev–Trinajstić information content (AvgIpc) is 2.34. The van der Waals surface area contributed by atoms with Gasteiger partial charge in [0.1, 0.15) is 5.75 Å². The minimum absolute atomic E-state index is 0.476. The third-order valence-corrected chi connectivity index (χ3v) is 2.95. The van der Waals surface area contributed by atoms with Crippen molar-refractivity contribution < 1.29 is 4.74 Å². The summed E-state index contributed by atoms with van der Waals surface area (Å²) in [5.74, 6) is 1.31. The van der Waals surface area contributed by atoms with E-state index in [0.29, 0.717) is 5.92 Å². The van der Waals surface area contributed by atoms with Gasteiger partial charge < -0.3 is 9.64 Å². The van der Waals surface area contributed by atoms with Gasteiger partial charge in [-0.1, -0.05) is 13.0 Å². The molecule has 1 aromatic rings. The highest BCUT2D eigenvalue weighted by molar-refractivity contribution is 5.56. The van der Waals surface area contributed by atoms with Crippen molar-refractivity contribution in [2.45, 2.75) is 19.3 Å². The van der Waals surface area contributed by atoms with Crippen LogP contribution in [0.25, 0.3) is 0 Å². The standard InChI is InChI=1S/C14H22N2O/c1-11(8-9-16(3)4)13-7-6-12(17-5)10-14(13)15-2/h6-7,10-11H,2,8-9H2,1,3-5H3. The van der Waals surface area contributed by atoms with Crippen LogP contribution in [0, 0.1) is 0 Å². The summed E-state index contributed by atoms with van der Waals surface area (Å²) in [5, 5.41) is 0. The second-order valence-electron chi connectivity index (χ2n) is 4.58. The molecule has 0 aliphatic heterocycles. The highest BCUT2D eigenvalue weighted by atomic mass is 16.5. The van der Waals surface area contributed by atoms with E-state index in [0.717, 1.165) is 24.4 Å². The van der Waals surface area contributed by atoms with Gasteiger partial charge in [0.25, 0.3) is 0 Å². The molecule has 1 unspecified atom stereocenters. The van der Waals surface area contributed by atoms with Gasteiger partial charge in [0.2, 0.25) is 0 Å². The number of nitrogens with zero attached hydrogens (tertiary/aromatic N) is 2. The Morgan fingerprint density at radius 3 is 2.65 bits per heavy atom. The summed E-state index contributed by atoms with van der Waals surface area (Å²) in [7, 11) is 5.85. The van der Waals surface area contributed by atoms with Crippen LogP contribution in [0.3, 0.4) is 0 Å². The fourth-order valence-corrected chi connectivity index (χ4v) is 1.81. The molecule has 0 amide bonds. The smallest absolute Gasteiger partial charge is 0.121 e. The number of hydrogen-bond donors (Lipinski definition) is 0. The lowest BCUT2D eigenvalue weighted by Crippen LogP contribution is -2.15. The first-order valence-corrected chi connectivity index (χ1v) is 5.88. The van der Waals surface area contributed by atoms with Gasteiger partial charge in [-0.05, 0) is 51.3 Å². The van der Waals surface area contributed by atoms with Gasteiger partial charge in [-0.2, -0.15) is 0 Å². The van der Waals surface area contributed by atoms with E-state index in [-0.39, 0.29) is 0 Å². The van der Waals surface area contributed by atoms with E-state index in [9.17, 15) is 0 Å². The average molecular weight is 234 g/mol. The third kappa shape index (κ3) is 3.86. The minimum atomic E-state index is 0.476. The predicted molar refractivity (Wildman–Crippen MR) is 73.8 cm³/mol. The van der Waals surface area contributed by atoms with Gasteiger partial charge in [0.05, 0.1) is 12.8 Å². The Hall–Kier alpha value is -1.35. The lowest BCUT2D eigenvalue weighted by Gasteiger charge is -2.17. The van der Waals surface area contributed by atoms with E-state index in [2.05, 4.69) is 43.7 Å². The summed E-state index contributed by atoms with van der Waals surface area (Å²) in [6.07, 6.45) is 1.11. The molecule has 0 saturated carbocycles. The van der Waals surface area contributed by atoms with Crippen LogP contribution in [-0.4, -0.2) is 39.4 Å². The van der Waals surface area contributed by atoms with Crippen LogP contribution >= 0.6 is 0 Å². The summed E-state index contributed by atoms with van der Waals surface area (Å²) >= 11 is 0. The second-order valence-corrected chi connectivity index (χ2v) is 4.58. The molecule has 0 aliphatic rings. The molecule has 0 aliphatic carbocycles. The molecule has 0 bridgehead atoms. The number of ether oxygens (including phenoxy) is 1. The van der Waals surface area contributed by atoms with Crippen molar-refractivity contribution in [2.24, 2.45) is 4.99 Å². The van der Waals surface area contributed by atoms with E-state index in [1.54, 1.807) is 7.11 Å². The Morgan fingerprint density at radius 2 is 2.12 bits per heavy atom. The largest absolute Gasteiger partial charge is 0.497 e. The highest BCUT2D eigenvalue weighted by Gasteiger charge is 2.11. The minimum Gasteiger partial charge on any atom is -0.497 e. The van der Waals surface area contributed by atoms with E-state index in [1.807, 2.05) is 12.1 Å². The number of benzene rings is 1. The zero-order valence-corrected chi connectivity index (χ0v) is 11.2. The van der Waals surface area contributed by atoms with Crippen molar-refractivity contribution in [1.82, 2.24) is 4.90 Å². The Labute approximate surface area is 104 Å². The molecule has 0 aromatic heterocycles. The molecule has 0 spiro atoms. The van der Waals surface area contributed by atoms with Crippen LogP contribution in [0.1, 0.15) is 24.8 Å². The summed E-state index contributed by atoms with van der Waals surface area (Å²) < 4.78 is 5.19. The number of aliphatic imine (C=N–C) groups is 1. The van der Waals surface area contributed by atoms with Gasteiger partial charge in [0.15, 0.2) is 0 Å². The number of rotatable bonds is 6. The molecular weight excluding hydrogens is 212 g/mol. The van der Waals surface area contributed by atoms with Crippen LogP contribution < -0.4 is 4.74 Å². The number of methoxy groups -OCH3 is 1. The van der Waals surface area contributed by atoms with Gasteiger partial charge >= 0.3 is 0 Å². The molecule has 0 saturated heterocycles. The molecule has 3 nitrogen and oxygen atoms in total. The SMILES string of the molecule is C=Nc1cc(OC)ccc1C(C)CCN(C)C. The molecule has 94 valence electrons. The van der Waals surface area contributed by atoms with Gasteiger partial charge in [0, 0.05) is 6.07 Å². The summed E-state index contributed by atoms with van der Waals surface area (Å²) in [4.78, 5) is 6.28. The van der Waals surface area contributed by atoms with Crippen LogP contribution in [0.2, 0.25) is 0 Å². The molecule has 0 heterocycles. The second kappa shape index (κ2) is 6.40. The summed E-state index contributed by atoms with van der Waals surface area (Å²) in [6, 6.07) is 6.01. The van der Waals surface area contributed by atoms with Crippen molar-refractivity contribution in [3.63, 3.8) is 0 Å². The van der Waals surface area contributed by atoms with E-state index in [4.69, 9.17) is 4.74 Å². The van der Waals surface area contributed by atoms with E-state index < -0.39 is 0 Å². The molecule has 17 heavy (non-hydrogen) atoms. The summed E-state index contributed by atoms with van der Waals surface area (Å²) in [5.41, 5.74) is 2.17. The lowest BCUT2D eigenvalue weighted by molar-refractivity contribution is 0.386. The fraction of sp³-hybridized carbons (Fsp3) is 0.500. The Balaban J connectivity index is 2.85. The first-order chi connectivity index (χ1) is 8.08. The Bertz CT molecular complexity index is 374. The number of hydrogen-bond acceptors (Lipinski definition) is 3. The maximum Gasteiger partial charge on any atom is 0.121 e. The van der Waals surface area contributed by atoms with Gasteiger partial charge in [-0.15, -0.1) is 0 Å². The van der Waals surface area contributed by atoms with Crippen LogP contribution in [0.5, 0.6) is 5.75 Å². The van der Waals surface area contributed by atoms with Crippen molar-refractivity contribution in [1.29, 1.82) is 0 Å². The topological polar surface area (TPSA) is 24.8 Å². The van der Waals surface area contributed by atoms with Crippen molar-refractivity contribution in [3.8, 4) is 5.75 Å². The lowest BCUT2D eigenvalue weighted by atomic mass is 9.96. The van der Waals surface area contributed by atoms with Crippen molar-refractivity contribution in [2.75, 3.05) is 27.7 Å². The molecular formula is C14H22N2O. The quantitative estimate of drug-likeness (QED) is 0.707. The zero-order valence-electron chi connectivity index (χ0n) is 11.2. The molecule has 3 heteroatoms. The third-order valence-electron chi connectivity index (χ3n) is 2.95. The Kier molecular flexibility index (Phi) is 5.16. The molecule has 1 rings (SSSR count). The normalized spacial score (nSPS) is 12.5. The summed E-state index contributed by atoms with van der Waals surface area (Å²) in [6.45, 7) is 6.92. The molecule has 1 aromatic carbocycles. The molecule has 1 atom stereocenters. The molecule has 0 radical (unpaired) electrons. The maximum atomic E-state index is 5.19. The predicted octanol–water partition coefficient (Wildman–Crippen LogP) is 3.08. The highest BCUT2D eigenvalue weighted by Crippen LogP contribution is 2.32. The Morgan fingerprint density at radius 1 is 1.41 bits per heavy atom. The van der Waals surface area contributed by atoms with E-state index >= 15 is 0 Å². The van der Waals surface area contributed by atoms with Crippen molar-refractivity contribution >= 4 is 12.4 Å². The van der Waals surface area contributed by atoms with Crippen molar-refractivity contribution in [3.05, 3.63) is 23.8 Å². The van der Waals surface area contributed by atoms with Crippen LogP contribution in [0.15, 0.2) is 23.2 Å². The van der Waals surface area contributed by atoms with Gasteiger partial charge in [-0.25, -0.2) is 0 Å². The first-order valence-electron chi connectivity index (χ1n) is 5.88. The first kappa shape index (κ1) is 13.7. The van der Waals surface area contributed by atoms with Gasteiger partial charge in [-0.3, -0.25) is 4.99 Å².